The third-order valence-electron chi connectivity index (χ3n) is 5.33. The molecule has 2 aromatic rings. The van der Waals surface area contributed by atoms with Gasteiger partial charge in [-0.05, 0) is 68.4 Å². The maximum absolute atomic E-state index is 12.6. The Bertz CT molecular complexity index is 979. The van der Waals surface area contributed by atoms with Crippen LogP contribution in [0.5, 0.6) is 0 Å². The number of fused-ring (bicyclic) bond motifs is 1. The molecular weight excluding hydrogens is 380 g/mol. The number of hydrogen-bond donors (Lipinski definition) is 1. The van der Waals surface area contributed by atoms with Gasteiger partial charge in [-0.15, -0.1) is 11.3 Å². The van der Waals surface area contributed by atoms with Gasteiger partial charge in [0.15, 0.2) is 0 Å². The van der Waals surface area contributed by atoms with Crippen LogP contribution in [-0.2, 0) is 11.2 Å². The van der Waals surface area contributed by atoms with Crippen molar-refractivity contribution in [2.75, 3.05) is 18.4 Å². The van der Waals surface area contributed by atoms with Crippen LogP contribution in [0.3, 0.4) is 0 Å². The van der Waals surface area contributed by atoms with Gasteiger partial charge in [0.1, 0.15) is 5.82 Å². The summed E-state index contributed by atoms with van der Waals surface area (Å²) in [5.74, 6) is 0.955. The van der Waals surface area contributed by atoms with Crippen molar-refractivity contribution in [1.29, 1.82) is 0 Å². The van der Waals surface area contributed by atoms with E-state index in [1.165, 1.54) is 11.1 Å². The fourth-order valence-electron chi connectivity index (χ4n) is 3.73. The minimum atomic E-state index is 0.0648. The summed E-state index contributed by atoms with van der Waals surface area (Å²) in [6.45, 7) is 7.55. The zero-order valence-electron chi connectivity index (χ0n) is 16.8. The van der Waals surface area contributed by atoms with Crippen LogP contribution in [-0.4, -0.2) is 33.9 Å². The summed E-state index contributed by atoms with van der Waals surface area (Å²) in [6, 6.07) is 2.12. The lowest BCUT2D eigenvalue weighted by Crippen LogP contribution is -2.35. The third kappa shape index (κ3) is 5.01. The molecule has 0 saturated carbocycles. The molecule has 1 fully saturated rings. The lowest BCUT2D eigenvalue weighted by atomic mass is 10.0. The molecule has 150 valence electrons. The van der Waals surface area contributed by atoms with Gasteiger partial charge in [0, 0.05) is 36.4 Å². The van der Waals surface area contributed by atoms with E-state index >= 15 is 0 Å². The lowest BCUT2D eigenvalue weighted by molar-refractivity contribution is -0.126. The standard InChI is InChI=1S/C23H26N4OS/c1-16-4-3-5-20-12-19(14-24-23(20)25-16)6-7-22(28)27-10-8-18(9-11-27)13-21-15-29-17(2)26-21/h6-7,12-15H,1,3-5,8-11H2,2H3,(H,24,25)/b7-6+. The minimum Gasteiger partial charge on any atom is -0.344 e. The van der Waals surface area contributed by atoms with Crippen LogP contribution in [0.1, 0.15) is 47.5 Å². The van der Waals surface area contributed by atoms with E-state index in [0.717, 1.165) is 73.0 Å². The van der Waals surface area contributed by atoms with Gasteiger partial charge in [-0.2, -0.15) is 0 Å². The summed E-state index contributed by atoms with van der Waals surface area (Å²) in [4.78, 5) is 23.5. The number of amides is 1. The van der Waals surface area contributed by atoms with Crippen molar-refractivity contribution in [2.24, 2.45) is 0 Å². The molecule has 4 heterocycles. The second kappa shape index (κ2) is 8.74. The van der Waals surface area contributed by atoms with Crippen LogP contribution >= 0.6 is 11.3 Å². The van der Waals surface area contributed by atoms with Crippen molar-refractivity contribution in [3.63, 3.8) is 0 Å². The first-order chi connectivity index (χ1) is 14.1. The quantitative estimate of drug-likeness (QED) is 0.742. The van der Waals surface area contributed by atoms with Gasteiger partial charge >= 0.3 is 0 Å². The fraction of sp³-hybridized carbons (Fsp3) is 0.348. The van der Waals surface area contributed by atoms with E-state index in [-0.39, 0.29) is 5.91 Å². The summed E-state index contributed by atoms with van der Waals surface area (Å²) < 4.78 is 0. The average molecular weight is 407 g/mol. The first-order valence-corrected chi connectivity index (χ1v) is 11.0. The van der Waals surface area contributed by atoms with E-state index in [0.29, 0.717) is 0 Å². The molecule has 5 nitrogen and oxygen atoms in total. The molecule has 6 heteroatoms. The molecular formula is C23H26N4OS. The van der Waals surface area contributed by atoms with Crippen LogP contribution < -0.4 is 5.32 Å². The second-order valence-corrected chi connectivity index (χ2v) is 8.67. The number of anilines is 1. The molecule has 0 bridgehead atoms. The van der Waals surface area contributed by atoms with Gasteiger partial charge < -0.3 is 10.2 Å². The molecule has 29 heavy (non-hydrogen) atoms. The number of piperidine rings is 1. The van der Waals surface area contributed by atoms with E-state index in [9.17, 15) is 4.79 Å². The maximum atomic E-state index is 12.6. The van der Waals surface area contributed by atoms with E-state index in [2.05, 4.69) is 39.4 Å². The van der Waals surface area contributed by atoms with Crippen molar-refractivity contribution in [1.82, 2.24) is 14.9 Å². The van der Waals surface area contributed by atoms with Gasteiger partial charge in [0.25, 0.3) is 0 Å². The number of allylic oxidation sites excluding steroid dienone is 1. The Morgan fingerprint density at radius 1 is 1.28 bits per heavy atom. The Kier molecular flexibility index (Phi) is 5.90. The third-order valence-corrected chi connectivity index (χ3v) is 6.12. The summed E-state index contributed by atoms with van der Waals surface area (Å²) in [6.07, 6.45) is 12.3. The molecule has 0 aliphatic carbocycles. The summed E-state index contributed by atoms with van der Waals surface area (Å²) in [7, 11) is 0. The van der Waals surface area contributed by atoms with Crippen LogP contribution in [0.15, 0.2) is 41.6 Å². The number of aryl methyl sites for hydroxylation is 2. The lowest BCUT2D eigenvalue weighted by Gasteiger charge is -2.27. The predicted molar refractivity (Wildman–Crippen MR) is 120 cm³/mol. The van der Waals surface area contributed by atoms with E-state index < -0.39 is 0 Å². The number of hydrogen-bond acceptors (Lipinski definition) is 5. The van der Waals surface area contributed by atoms with Crippen molar-refractivity contribution >= 4 is 35.2 Å². The highest BCUT2D eigenvalue weighted by atomic mass is 32.1. The Balaban J connectivity index is 1.35. The van der Waals surface area contributed by atoms with Gasteiger partial charge in [-0.25, -0.2) is 9.97 Å². The average Bonchev–Trinajstić information content (AvgIpc) is 3.02. The normalized spacial score (nSPS) is 17.1. The predicted octanol–water partition coefficient (Wildman–Crippen LogP) is 4.83. The Hall–Kier alpha value is -2.73. The highest BCUT2D eigenvalue weighted by Crippen LogP contribution is 2.24. The van der Waals surface area contributed by atoms with Gasteiger partial charge in [-0.1, -0.05) is 12.2 Å². The molecule has 0 unspecified atom stereocenters. The topological polar surface area (TPSA) is 58.1 Å². The zero-order chi connectivity index (χ0) is 20.2. The molecule has 0 radical (unpaired) electrons. The SMILES string of the molecule is C=C1CCCc2cc(/C=C/C(=O)N3CCC(=Cc4csc(C)n4)CC3)cnc2N1. The number of nitrogens with zero attached hydrogens (tertiary/aromatic N) is 3. The molecule has 1 N–H and O–H groups in total. The van der Waals surface area contributed by atoms with Crippen LogP contribution in [0.2, 0.25) is 0 Å². The number of rotatable bonds is 3. The molecule has 2 aliphatic heterocycles. The molecule has 2 aliphatic rings. The largest absolute Gasteiger partial charge is 0.344 e. The van der Waals surface area contributed by atoms with Gasteiger partial charge in [0.05, 0.1) is 10.7 Å². The van der Waals surface area contributed by atoms with Crippen molar-refractivity contribution in [3.05, 3.63) is 63.4 Å². The van der Waals surface area contributed by atoms with Crippen molar-refractivity contribution in [3.8, 4) is 0 Å². The smallest absolute Gasteiger partial charge is 0.246 e. The first kappa shape index (κ1) is 19.6. The zero-order valence-corrected chi connectivity index (χ0v) is 17.6. The number of likely N-dealkylation sites (tertiary alicyclic amines) is 1. The number of carbonyl (C=O) groups is 1. The number of nitrogens with one attached hydrogen (secondary N) is 1. The highest BCUT2D eigenvalue weighted by Gasteiger charge is 2.17. The molecule has 1 amide bonds. The molecule has 4 rings (SSSR count). The molecule has 0 atom stereocenters. The fourth-order valence-corrected chi connectivity index (χ4v) is 4.30. The minimum absolute atomic E-state index is 0.0648. The highest BCUT2D eigenvalue weighted by molar-refractivity contribution is 7.09. The van der Waals surface area contributed by atoms with Crippen molar-refractivity contribution < 1.29 is 4.79 Å². The Morgan fingerprint density at radius 2 is 2.10 bits per heavy atom. The summed E-state index contributed by atoms with van der Waals surface area (Å²) in [5.41, 5.74) is 5.56. The molecule has 1 saturated heterocycles. The van der Waals surface area contributed by atoms with E-state index in [1.54, 1.807) is 23.6 Å². The van der Waals surface area contributed by atoms with Gasteiger partial charge in [-0.3, -0.25) is 4.79 Å². The van der Waals surface area contributed by atoms with Gasteiger partial charge in [0.2, 0.25) is 5.91 Å². The number of pyridine rings is 1. The number of carbonyl (C=O) groups excluding carboxylic acids is 1. The first-order valence-electron chi connectivity index (χ1n) is 10.1. The van der Waals surface area contributed by atoms with Crippen molar-refractivity contribution in [2.45, 2.75) is 39.0 Å². The van der Waals surface area contributed by atoms with Crippen LogP contribution in [0, 0.1) is 6.92 Å². The monoisotopic (exact) mass is 406 g/mol. The van der Waals surface area contributed by atoms with Crippen LogP contribution in [0.4, 0.5) is 5.82 Å². The summed E-state index contributed by atoms with van der Waals surface area (Å²) >= 11 is 1.67. The maximum Gasteiger partial charge on any atom is 0.246 e. The second-order valence-electron chi connectivity index (χ2n) is 7.61. The molecule has 0 spiro atoms. The Morgan fingerprint density at radius 3 is 2.86 bits per heavy atom. The number of aromatic nitrogens is 2. The number of thiazole rings is 1. The van der Waals surface area contributed by atoms with E-state index in [4.69, 9.17) is 0 Å². The molecule has 2 aromatic heterocycles. The Labute approximate surface area is 175 Å². The van der Waals surface area contributed by atoms with Crippen LogP contribution in [0.25, 0.3) is 12.2 Å². The molecule has 0 aromatic carbocycles. The summed E-state index contributed by atoms with van der Waals surface area (Å²) in [5, 5.41) is 6.45. The van der Waals surface area contributed by atoms with E-state index in [1.807, 2.05) is 17.9 Å².